The highest BCUT2D eigenvalue weighted by atomic mass is 127. The first-order chi connectivity index (χ1) is 12.2. The van der Waals surface area contributed by atoms with Crippen molar-refractivity contribution in [2.75, 3.05) is 13.2 Å². The Morgan fingerprint density at radius 3 is 2.81 bits per heavy atom. The molecule has 2 saturated carbocycles. The number of ether oxygens (including phenoxy) is 1. The summed E-state index contributed by atoms with van der Waals surface area (Å²) in [6, 6.07) is 7.29. The van der Waals surface area contributed by atoms with Gasteiger partial charge in [0.2, 0.25) is 0 Å². The second-order valence-electron chi connectivity index (χ2n) is 7.59. The van der Waals surface area contributed by atoms with E-state index < -0.39 is 0 Å². The Labute approximate surface area is 172 Å². The van der Waals surface area contributed by atoms with Crippen molar-refractivity contribution in [3.05, 3.63) is 35.6 Å². The number of guanidine groups is 1. The van der Waals surface area contributed by atoms with Gasteiger partial charge in [-0.15, -0.1) is 24.0 Å². The summed E-state index contributed by atoms with van der Waals surface area (Å²) in [7, 11) is 0. The average Bonchev–Trinajstić information content (AvgIpc) is 3.27. The maximum atomic E-state index is 13.9. The molecular weight excluding hydrogens is 444 g/mol. The number of rotatable bonds is 4. The SMILES string of the molecule is CCNC(=NCc1ccccc1F)NC1C2CCOC2C12CCCC2.I. The number of nitrogens with one attached hydrogen (secondary N) is 2. The zero-order valence-corrected chi connectivity index (χ0v) is 17.7. The molecule has 0 radical (unpaired) electrons. The van der Waals surface area contributed by atoms with Crippen LogP contribution in [-0.4, -0.2) is 31.3 Å². The van der Waals surface area contributed by atoms with Gasteiger partial charge in [0.1, 0.15) is 5.82 Å². The van der Waals surface area contributed by atoms with Crippen molar-refractivity contribution in [2.45, 2.75) is 57.7 Å². The quantitative estimate of drug-likeness (QED) is 0.397. The molecule has 1 aromatic carbocycles. The summed E-state index contributed by atoms with van der Waals surface area (Å²) in [5.74, 6) is 1.20. The third-order valence-corrected chi connectivity index (χ3v) is 6.29. The first-order valence-electron chi connectivity index (χ1n) is 9.64. The van der Waals surface area contributed by atoms with Gasteiger partial charge in [-0.25, -0.2) is 9.38 Å². The zero-order chi connectivity index (χ0) is 17.3. The maximum Gasteiger partial charge on any atom is 0.191 e. The summed E-state index contributed by atoms with van der Waals surface area (Å²) in [5, 5.41) is 7.02. The third-order valence-electron chi connectivity index (χ3n) is 6.29. The van der Waals surface area contributed by atoms with Gasteiger partial charge in [0.25, 0.3) is 0 Å². The number of halogens is 2. The Morgan fingerprint density at radius 2 is 2.08 bits per heavy atom. The van der Waals surface area contributed by atoms with E-state index in [2.05, 4.69) is 22.5 Å². The predicted molar refractivity (Wildman–Crippen MR) is 112 cm³/mol. The van der Waals surface area contributed by atoms with Crippen LogP contribution in [0.1, 0.15) is 44.6 Å². The fraction of sp³-hybridized carbons (Fsp3) is 0.650. The van der Waals surface area contributed by atoms with Crippen LogP contribution in [0.5, 0.6) is 0 Å². The van der Waals surface area contributed by atoms with Crippen LogP contribution in [0.15, 0.2) is 29.3 Å². The van der Waals surface area contributed by atoms with Crippen LogP contribution in [0, 0.1) is 17.2 Å². The summed E-state index contributed by atoms with van der Waals surface area (Å²) in [6.45, 7) is 4.10. The lowest BCUT2D eigenvalue weighted by molar-refractivity contribution is -0.125. The fourth-order valence-electron chi connectivity index (χ4n) is 5.16. The Bertz CT molecular complexity index is 648. The van der Waals surface area contributed by atoms with E-state index in [1.54, 1.807) is 12.1 Å². The van der Waals surface area contributed by atoms with Gasteiger partial charge in [0.05, 0.1) is 12.6 Å². The largest absolute Gasteiger partial charge is 0.377 e. The molecule has 3 atom stereocenters. The van der Waals surface area contributed by atoms with E-state index in [9.17, 15) is 4.39 Å². The molecule has 0 bridgehead atoms. The highest BCUT2D eigenvalue weighted by molar-refractivity contribution is 14.0. The molecule has 6 heteroatoms. The molecule has 1 aromatic rings. The highest BCUT2D eigenvalue weighted by Gasteiger charge is 2.65. The molecule has 26 heavy (non-hydrogen) atoms. The Hall–Kier alpha value is -0.890. The molecule has 0 amide bonds. The molecular formula is C20H29FIN3O. The van der Waals surface area contributed by atoms with Gasteiger partial charge in [-0.1, -0.05) is 31.0 Å². The van der Waals surface area contributed by atoms with Gasteiger partial charge in [0, 0.05) is 36.1 Å². The van der Waals surface area contributed by atoms with Crippen LogP contribution in [-0.2, 0) is 11.3 Å². The first kappa shape index (κ1) is 19.9. The van der Waals surface area contributed by atoms with Gasteiger partial charge < -0.3 is 15.4 Å². The zero-order valence-electron chi connectivity index (χ0n) is 15.3. The lowest BCUT2D eigenvalue weighted by atomic mass is 9.54. The minimum Gasteiger partial charge on any atom is -0.377 e. The van der Waals surface area contributed by atoms with Crippen LogP contribution in [0.2, 0.25) is 0 Å². The minimum atomic E-state index is -0.192. The normalized spacial score (nSPS) is 29.0. The Balaban J connectivity index is 0.00000196. The Kier molecular flexibility index (Phi) is 6.43. The molecule has 4 rings (SSSR count). The second-order valence-corrected chi connectivity index (χ2v) is 7.59. The standard InChI is InChI=1S/C20H28FN3O.HI/c1-2-22-19(23-13-14-7-3-4-8-16(14)21)24-17-15-9-12-25-18(15)20(17)10-5-6-11-20;/h3-4,7-8,15,17-18H,2,5-6,9-13H2,1H3,(H2,22,23,24);1H. The van der Waals surface area contributed by atoms with E-state index in [1.165, 1.54) is 31.7 Å². The average molecular weight is 473 g/mol. The van der Waals surface area contributed by atoms with Gasteiger partial charge >= 0.3 is 0 Å². The molecule has 3 unspecified atom stereocenters. The maximum absolute atomic E-state index is 13.9. The van der Waals surface area contributed by atoms with Crippen molar-refractivity contribution in [3.63, 3.8) is 0 Å². The first-order valence-corrected chi connectivity index (χ1v) is 9.64. The van der Waals surface area contributed by atoms with Crippen molar-refractivity contribution in [1.82, 2.24) is 10.6 Å². The molecule has 2 aliphatic carbocycles. The van der Waals surface area contributed by atoms with Crippen molar-refractivity contribution in [2.24, 2.45) is 16.3 Å². The van der Waals surface area contributed by atoms with E-state index in [-0.39, 0.29) is 35.2 Å². The van der Waals surface area contributed by atoms with Crippen molar-refractivity contribution >= 4 is 29.9 Å². The number of benzene rings is 1. The summed E-state index contributed by atoms with van der Waals surface area (Å²) in [4.78, 5) is 4.65. The number of hydrogen-bond donors (Lipinski definition) is 2. The third kappa shape index (κ3) is 3.46. The van der Waals surface area contributed by atoms with Gasteiger partial charge in [-0.3, -0.25) is 0 Å². The summed E-state index contributed by atoms with van der Waals surface area (Å²) in [6.07, 6.45) is 6.66. The molecule has 3 aliphatic rings. The van der Waals surface area contributed by atoms with Gasteiger partial charge in [-0.05, 0) is 32.3 Å². The van der Waals surface area contributed by atoms with Crippen LogP contribution < -0.4 is 10.6 Å². The molecule has 4 nitrogen and oxygen atoms in total. The van der Waals surface area contributed by atoms with Gasteiger partial charge in [0.15, 0.2) is 5.96 Å². The number of nitrogens with zero attached hydrogens (tertiary/aromatic N) is 1. The highest BCUT2D eigenvalue weighted by Crippen LogP contribution is 2.60. The van der Waals surface area contributed by atoms with Crippen LogP contribution in [0.25, 0.3) is 0 Å². The summed E-state index contributed by atoms with van der Waals surface area (Å²) in [5.41, 5.74) is 0.918. The van der Waals surface area contributed by atoms with Crippen molar-refractivity contribution in [1.29, 1.82) is 0 Å². The molecule has 1 aliphatic heterocycles. The van der Waals surface area contributed by atoms with Crippen LogP contribution in [0.4, 0.5) is 4.39 Å². The summed E-state index contributed by atoms with van der Waals surface area (Å²) < 4.78 is 19.9. The van der Waals surface area contributed by atoms with Crippen LogP contribution in [0.3, 0.4) is 0 Å². The molecule has 3 fully saturated rings. The minimum absolute atomic E-state index is 0. The molecule has 2 N–H and O–H groups in total. The summed E-state index contributed by atoms with van der Waals surface area (Å²) >= 11 is 0. The second kappa shape index (κ2) is 8.42. The number of aliphatic imine (C=N–C) groups is 1. The Morgan fingerprint density at radius 1 is 1.31 bits per heavy atom. The van der Waals surface area contributed by atoms with E-state index in [0.29, 0.717) is 30.2 Å². The number of fused-ring (bicyclic) bond motifs is 2. The smallest absolute Gasteiger partial charge is 0.191 e. The molecule has 144 valence electrons. The predicted octanol–water partition coefficient (Wildman–Crippen LogP) is 3.85. The van der Waals surface area contributed by atoms with Gasteiger partial charge in [-0.2, -0.15) is 0 Å². The lowest BCUT2D eigenvalue weighted by Gasteiger charge is -2.57. The number of hydrogen-bond acceptors (Lipinski definition) is 2. The van der Waals surface area contributed by atoms with Crippen LogP contribution >= 0.6 is 24.0 Å². The monoisotopic (exact) mass is 473 g/mol. The molecule has 1 spiro atoms. The van der Waals surface area contributed by atoms with E-state index >= 15 is 0 Å². The van der Waals surface area contributed by atoms with E-state index in [4.69, 9.17) is 4.74 Å². The van der Waals surface area contributed by atoms with Crippen molar-refractivity contribution in [3.8, 4) is 0 Å². The van der Waals surface area contributed by atoms with Crippen molar-refractivity contribution < 1.29 is 9.13 Å². The van der Waals surface area contributed by atoms with E-state index in [1.807, 2.05) is 6.07 Å². The lowest BCUT2D eigenvalue weighted by Crippen LogP contribution is -2.69. The van der Waals surface area contributed by atoms with E-state index in [0.717, 1.165) is 25.5 Å². The topological polar surface area (TPSA) is 45.7 Å². The molecule has 0 aromatic heterocycles. The molecule has 1 saturated heterocycles. The molecule has 1 heterocycles. The fourth-order valence-corrected chi connectivity index (χ4v) is 5.16.